The summed E-state index contributed by atoms with van der Waals surface area (Å²) in [6.07, 6.45) is 13.3. The van der Waals surface area contributed by atoms with Crippen LogP contribution in [0, 0.1) is 0 Å². The first-order chi connectivity index (χ1) is 9.47. The molecule has 0 radical (unpaired) electrons. The van der Waals surface area contributed by atoms with E-state index in [1.165, 1.54) is 64.7 Å². The van der Waals surface area contributed by atoms with Gasteiger partial charge >= 0.3 is 33.5 Å². The van der Waals surface area contributed by atoms with Gasteiger partial charge in [0.2, 0.25) is 0 Å². The predicted octanol–water partition coefficient (Wildman–Crippen LogP) is 3.57. The first-order valence-corrected chi connectivity index (χ1v) is 9.07. The van der Waals surface area contributed by atoms with Crippen LogP contribution in [0.15, 0.2) is 0 Å². The Morgan fingerprint density at radius 3 is 1.48 bits per heavy atom. The van der Waals surface area contributed by atoms with Crippen LogP contribution in [-0.2, 0) is 14.6 Å². The van der Waals surface area contributed by atoms with Gasteiger partial charge in [-0.05, 0) is 13.3 Å². The van der Waals surface area contributed by atoms with Crippen LogP contribution in [0.3, 0.4) is 0 Å². The minimum atomic E-state index is -4.17. The summed E-state index contributed by atoms with van der Waals surface area (Å²) in [5.41, 5.74) is 0. The Morgan fingerprint density at radius 1 is 0.857 bits per heavy atom. The molecule has 0 aliphatic rings. The largest absolute Gasteiger partial charge is 2.00 e. The fourth-order valence-electron chi connectivity index (χ4n) is 1.75. The molecular weight excluding hydrogens is 305 g/mol. The summed E-state index contributed by atoms with van der Waals surface area (Å²) in [4.78, 5) is 0. The molecule has 0 unspecified atom stereocenters. The third-order valence-corrected chi connectivity index (χ3v) is 3.31. The van der Waals surface area contributed by atoms with E-state index in [1.807, 2.05) is 0 Å². The Morgan fingerprint density at radius 2 is 1.24 bits per heavy atom. The molecule has 0 aromatic heterocycles. The van der Waals surface area contributed by atoms with Gasteiger partial charge < -0.3 is 7.96 Å². The van der Waals surface area contributed by atoms with Crippen LogP contribution in [0.1, 0.15) is 80.9 Å². The van der Waals surface area contributed by atoms with Gasteiger partial charge in [0.1, 0.15) is 0 Å². The smallest absolute Gasteiger partial charge is 1.00 e. The maximum atomic E-state index is 9.56. The summed E-state index contributed by atoms with van der Waals surface area (Å²) in [7, 11) is -4.17. The average molecular weight is 339 g/mol. The average Bonchev–Trinajstić information content (AvgIpc) is 2.36. The van der Waals surface area contributed by atoms with Crippen LogP contribution in [0.25, 0.3) is 0 Å². The Hall–Kier alpha value is 0.596. The van der Waals surface area contributed by atoms with Gasteiger partial charge in [0.05, 0.1) is 6.61 Å². The summed E-state index contributed by atoms with van der Waals surface area (Å²) in [5.74, 6) is 0. The first kappa shape index (κ1) is 26.5. The Kier molecular flexibility index (Phi) is 26.0. The third kappa shape index (κ3) is 33.4. The number of hydrogen-bond acceptors (Lipinski definition) is 4. The Bertz CT molecular complexity index is 270. The van der Waals surface area contributed by atoms with Gasteiger partial charge in [0.25, 0.3) is 0 Å². The number of aliphatic hydroxyl groups is 1. The molecule has 0 saturated carbocycles. The summed E-state index contributed by atoms with van der Waals surface area (Å²) in [6, 6.07) is 0. The van der Waals surface area contributed by atoms with E-state index in [-0.39, 0.29) is 32.5 Å². The predicted molar refractivity (Wildman–Crippen MR) is 90.1 cm³/mol. The molecule has 0 aliphatic carbocycles. The van der Waals surface area contributed by atoms with E-state index in [0.717, 1.165) is 6.42 Å². The van der Waals surface area contributed by atoms with Crippen LogP contribution in [-0.4, -0.2) is 54.3 Å². The summed E-state index contributed by atoms with van der Waals surface area (Å²) in [5, 5.41) is 8.57. The third-order valence-electron chi connectivity index (χ3n) is 2.78. The quantitative estimate of drug-likeness (QED) is 0.323. The fourth-order valence-corrected chi connectivity index (χ4v) is 2.05. The molecule has 2 N–H and O–H groups in total. The SMILES string of the molecule is CCCCCCCCCCCCO.CCOS(=O)(=O)O.[H-].[H-].[Mg+2]. The number of rotatable bonds is 12. The summed E-state index contributed by atoms with van der Waals surface area (Å²) >= 11 is 0. The molecule has 0 atom stereocenters. The van der Waals surface area contributed by atoms with Crippen LogP contribution in [0.4, 0.5) is 0 Å². The maximum absolute atomic E-state index is 9.56. The van der Waals surface area contributed by atoms with Crippen molar-refractivity contribution in [2.45, 2.75) is 78.1 Å². The Labute approximate surface area is 149 Å². The van der Waals surface area contributed by atoms with E-state index in [1.54, 1.807) is 0 Å². The molecule has 128 valence electrons. The molecule has 0 rings (SSSR count). The van der Waals surface area contributed by atoms with Crippen LogP contribution >= 0.6 is 0 Å². The van der Waals surface area contributed by atoms with Gasteiger partial charge in [0.15, 0.2) is 0 Å². The zero-order valence-electron chi connectivity index (χ0n) is 15.7. The van der Waals surface area contributed by atoms with Crippen molar-refractivity contribution < 1.29 is 25.1 Å². The first-order valence-electron chi connectivity index (χ1n) is 7.70. The molecule has 7 heteroatoms. The minimum absolute atomic E-state index is 0. The normalized spacial score (nSPS) is 10.5. The molecule has 0 fully saturated rings. The second-order valence-corrected chi connectivity index (χ2v) is 5.83. The summed E-state index contributed by atoms with van der Waals surface area (Å²) in [6.45, 7) is 4.07. The van der Waals surface area contributed by atoms with Crippen molar-refractivity contribution in [1.29, 1.82) is 0 Å². The van der Waals surface area contributed by atoms with Crippen molar-refractivity contribution in [2.24, 2.45) is 0 Å². The second-order valence-electron chi connectivity index (χ2n) is 4.74. The number of unbranched alkanes of at least 4 members (excludes halogenated alkanes) is 9. The van der Waals surface area contributed by atoms with Crippen molar-refractivity contribution in [3.8, 4) is 0 Å². The van der Waals surface area contributed by atoms with E-state index in [9.17, 15) is 8.42 Å². The van der Waals surface area contributed by atoms with Gasteiger partial charge in [-0.2, -0.15) is 8.42 Å². The van der Waals surface area contributed by atoms with E-state index >= 15 is 0 Å². The van der Waals surface area contributed by atoms with Gasteiger partial charge in [0, 0.05) is 6.61 Å². The van der Waals surface area contributed by atoms with Gasteiger partial charge in [-0.1, -0.05) is 64.7 Å². The zero-order valence-corrected chi connectivity index (χ0v) is 16.0. The van der Waals surface area contributed by atoms with E-state index in [0.29, 0.717) is 6.61 Å². The minimum Gasteiger partial charge on any atom is -1.00 e. The van der Waals surface area contributed by atoms with Gasteiger partial charge in [-0.3, -0.25) is 4.55 Å². The molecule has 21 heavy (non-hydrogen) atoms. The van der Waals surface area contributed by atoms with E-state index in [4.69, 9.17) is 9.66 Å². The molecule has 0 heterocycles. The van der Waals surface area contributed by atoms with Gasteiger partial charge in [-0.15, -0.1) is 0 Å². The van der Waals surface area contributed by atoms with Crippen LogP contribution in [0.5, 0.6) is 0 Å². The van der Waals surface area contributed by atoms with E-state index in [2.05, 4.69) is 11.1 Å². The molecule has 0 amide bonds. The standard InChI is InChI=1S/C12H26O.C2H6O4S.Mg.2H/c1-2-3-4-5-6-7-8-9-10-11-12-13;1-2-6-7(3,4)5;;;/h13H,2-12H2,1H3;2H2,1H3,(H,3,4,5);;;/q;;+2;2*-1. The van der Waals surface area contributed by atoms with E-state index < -0.39 is 10.4 Å². The molecule has 0 aromatic carbocycles. The number of aliphatic hydroxyl groups excluding tert-OH is 1. The van der Waals surface area contributed by atoms with Crippen molar-refractivity contribution in [1.82, 2.24) is 0 Å². The fraction of sp³-hybridized carbons (Fsp3) is 1.00. The molecule has 5 nitrogen and oxygen atoms in total. The van der Waals surface area contributed by atoms with Gasteiger partial charge in [-0.25, -0.2) is 4.18 Å². The van der Waals surface area contributed by atoms with Crippen LogP contribution < -0.4 is 0 Å². The molecular formula is C14H34MgO5S. The molecule has 0 aliphatic heterocycles. The second kappa shape index (κ2) is 20.6. The van der Waals surface area contributed by atoms with Crippen molar-refractivity contribution in [2.75, 3.05) is 13.2 Å². The monoisotopic (exact) mass is 338 g/mol. The molecule has 0 spiro atoms. The topological polar surface area (TPSA) is 83.8 Å². The van der Waals surface area contributed by atoms with Crippen molar-refractivity contribution >= 4 is 33.5 Å². The molecule has 0 aromatic rings. The molecule has 0 saturated heterocycles. The van der Waals surface area contributed by atoms with Crippen LogP contribution in [0.2, 0.25) is 0 Å². The maximum Gasteiger partial charge on any atom is 2.00 e. The summed E-state index contributed by atoms with van der Waals surface area (Å²) < 4.78 is 30.7. The van der Waals surface area contributed by atoms with Crippen molar-refractivity contribution in [3.63, 3.8) is 0 Å². The Balaban J connectivity index is -0.0000000945. The number of hydrogen-bond donors (Lipinski definition) is 2. The molecule has 0 bridgehead atoms. The zero-order chi connectivity index (χ0) is 15.7. The van der Waals surface area contributed by atoms with Crippen molar-refractivity contribution in [3.05, 3.63) is 0 Å².